The molecule has 2 rings (SSSR count). The summed E-state index contributed by atoms with van der Waals surface area (Å²) in [5, 5.41) is 8.40. The molecule has 0 atom stereocenters. The third-order valence-corrected chi connectivity index (χ3v) is 3.47. The van der Waals surface area contributed by atoms with E-state index in [0.29, 0.717) is 17.7 Å². The van der Waals surface area contributed by atoms with Gasteiger partial charge in [-0.3, -0.25) is 0 Å². The van der Waals surface area contributed by atoms with Crippen LogP contribution < -0.4 is 0 Å². The Bertz CT molecular complexity index is 620. The van der Waals surface area contributed by atoms with Gasteiger partial charge in [-0.15, -0.1) is 10.2 Å². The van der Waals surface area contributed by atoms with Crippen LogP contribution in [0.15, 0.2) is 24.3 Å². The summed E-state index contributed by atoms with van der Waals surface area (Å²) in [7, 11) is 0. The summed E-state index contributed by atoms with van der Waals surface area (Å²) >= 11 is 3.30. The normalized spacial score (nSPS) is 12.1. The highest BCUT2D eigenvalue weighted by Gasteiger charge is 2.34. The Morgan fingerprint density at radius 1 is 1.19 bits per heavy atom. The molecule has 2 aromatic rings. The number of alkyl halides is 4. The van der Waals surface area contributed by atoms with E-state index in [1.54, 1.807) is 10.6 Å². The Morgan fingerprint density at radius 2 is 1.86 bits per heavy atom. The molecule has 0 aliphatic rings. The van der Waals surface area contributed by atoms with Gasteiger partial charge in [-0.2, -0.15) is 13.2 Å². The van der Waals surface area contributed by atoms with Crippen molar-refractivity contribution in [1.82, 2.24) is 14.8 Å². The summed E-state index contributed by atoms with van der Waals surface area (Å²) in [6.07, 6.45) is -4.42. The Balaban J connectivity index is 2.60. The van der Waals surface area contributed by atoms with Crippen molar-refractivity contribution in [1.29, 1.82) is 0 Å². The van der Waals surface area contributed by atoms with Crippen LogP contribution in [0.2, 0.25) is 0 Å². The van der Waals surface area contributed by atoms with Gasteiger partial charge in [-0.1, -0.05) is 48.0 Å². The second kappa shape index (κ2) is 6.17. The van der Waals surface area contributed by atoms with Gasteiger partial charge in [-0.05, 0) is 12.0 Å². The Labute approximate surface area is 129 Å². The third-order valence-electron chi connectivity index (χ3n) is 2.97. The maximum Gasteiger partial charge on any atom is 0.417 e. The highest BCUT2D eigenvalue weighted by molar-refractivity contribution is 9.08. The molecule has 0 saturated heterocycles. The fourth-order valence-electron chi connectivity index (χ4n) is 2.12. The Kier molecular flexibility index (Phi) is 4.70. The number of aromatic nitrogens is 3. The zero-order valence-corrected chi connectivity index (χ0v) is 13.2. The molecule has 1 heterocycles. The molecule has 7 heteroatoms. The molecule has 0 amide bonds. The van der Waals surface area contributed by atoms with Crippen molar-refractivity contribution in [2.24, 2.45) is 5.92 Å². The van der Waals surface area contributed by atoms with E-state index in [1.807, 2.05) is 13.8 Å². The van der Waals surface area contributed by atoms with Gasteiger partial charge in [0.05, 0.1) is 10.9 Å². The molecule has 114 valence electrons. The minimum Gasteiger partial charge on any atom is -0.310 e. The van der Waals surface area contributed by atoms with Gasteiger partial charge in [0.2, 0.25) is 0 Å². The number of rotatable bonds is 4. The van der Waals surface area contributed by atoms with Crippen LogP contribution in [-0.2, 0) is 18.1 Å². The Morgan fingerprint density at radius 3 is 2.43 bits per heavy atom. The first kappa shape index (κ1) is 16.0. The van der Waals surface area contributed by atoms with Gasteiger partial charge in [0, 0.05) is 12.1 Å². The zero-order valence-electron chi connectivity index (χ0n) is 11.7. The van der Waals surface area contributed by atoms with Gasteiger partial charge in [0.15, 0.2) is 5.82 Å². The van der Waals surface area contributed by atoms with Crippen molar-refractivity contribution in [2.45, 2.75) is 31.9 Å². The maximum atomic E-state index is 13.2. The van der Waals surface area contributed by atoms with E-state index < -0.39 is 11.7 Å². The smallest absolute Gasteiger partial charge is 0.310 e. The molecular formula is C14H15BrF3N3. The number of nitrogens with zero attached hydrogens (tertiary/aromatic N) is 3. The topological polar surface area (TPSA) is 30.7 Å². The average Bonchev–Trinajstić information content (AvgIpc) is 2.79. The van der Waals surface area contributed by atoms with Gasteiger partial charge >= 0.3 is 6.18 Å². The minimum absolute atomic E-state index is 0.0605. The van der Waals surface area contributed by atoms with Crippen molar-refractivity contribution in [3.05, 3.63) is 35.7 Å². The lowest BCUT2D eigenvalue weighted by atomic mass is 10.1. The molecule has 0 aliphatic carbocycles. The summed E-state index contributed by atoms with van der Waals surface area (Å²) in [5.74, 6) is 1.15. The largest absolute Gasteiger partial charge is 0.417 e. The van der Waals surface area contributed by atoms with Gasteiger partial charge < -0.3 is 4.57 Å². The molecule has 0 N–H and O–H groups in total. The maximum absolute atomic E-state index is 13.2. The van der Waals surface area contributed by atoms with E-state index in [-0.39, 0.29) is 17.3 Å². The minimum atomic E-state index is -4.42. The first-order chi connectivity index (χ1) is 9.84. The van der Waals surface area contributed by atoms with E-state index in [1.165, 1.54) is 12.1 Å². The van der Waals surface area contributed by atoms with Crippen LogP contribution >= 0.6 is 15.9 Å². The molecule has 0 bridgehead atoms. The number of benzene rings is 1. The van der Waals surface area contributed by atoms with Gasteiger partial charge in [0.1, 0.15) is 5.82 Å². The quantitative estimate of drug-likeness (QED) is 0.749. The molecule has 0 radical (unpaired) electrons. The highest BCUT2D eigenvalue weighted by atomic mass is 79.9. The first-order valence-electron chi connectivity index (χ1n) is 6.49. The fraction of sp³-hybridized carbons (Fsp3) is 0.429. The highest BCUT2D eigenvalue weighted by Crippen LogP contribution is 2.36. The van der Waals surface area contributed by atoms with E-state index in [9.17, 15) is 13.2 Å². The van der Waals surface area contributed by atoms with E-state index in [2.05, 4.69) is 26.1 Å². The fourth-order valence-corrected chi connectivity index (χ4v) is 2.53. The van der Waals surface area contributed by atoms with Crippen LogP contribution in [0.1, 0.15) is 25.2 Å². The Hall–Kier alpha value is -1.37. The second-order valence-corrected chi connectivity index (χ2v) is 5.68. The van der Waals surface area contributed by atoms with Crippen molar-refractivity contribution in [2.75, 3.05) is 0 Å². The van der Waals surface area contributed by atoms with Crippen molar-refractivity contribution < 1.29 is 13.2 Å². The summed E-state index contributed by atoms with van der Waals surface area (Å²) in [5.41, 5.74) is -0.631. The zero-order chi connectivity index (χ0) is 15.6. The van der Waals surface area contributed by atoms with Crippen molar-refractivity contribution in [3.63, 3.8) is 0 Å². The van der Waals surface area contributed by atoms with E-state index in [4.69, 9.17) is 0 Å². The molecule has 1 aromatic heterocycles. The second-order valence-electron chi connectivity index (χ2n) is 5.12. The van der Waals surface area contributed by atoms with Gasteiger partial charge in [-0.25, -0.2) is 0 Å². The van der Waals surface area contributed by atoms with Crippen LogP contribution in [0.3, 0.4) is 0 Å². The number of halogens is 4. The molecule has 0 spiro atoms. The van der Waals surface area contributed by atoms with Gasteiger partial charge in [0.25, 0.3) is 0 Å². The van der Waals surface area contributed by atoms with Crippen LogP contribution in [0.5, 0.6) is 0 Å². The average molecular weight is 362 g/mol. The van der Waals surface area contributed by atoms with Crippen LogP contribution in [0, 0.1) is 5.92 Å². The predicted octanol–water partition coefficient (Wildman–Crippen LogP) is 4.51. The molecule has 0 fully saturated rings. The summed E-state index contributed by atoms with van der Waals surface area (Å²) in [4.78, 5) is 0. The number of hydrogen-bond acceptors (Lipinski definition) is 2. The first-order valence-corrected chi connectivity index (χ1v) is 7.61. The lowest BCUT2D eigenvalue weighted by Gasteiger charge is -2.15. The summed E-state index contributed by atoms with van der Waals surface area (Å²) < 4.78 is 41.2. The standard InChI is InChI=1S/C14H15BrF3N3/c1-9(2)8-21-12(7-15)19-20-13(21)10-5-3-4-6-11(10)14(16,17)18/h3-6,9H,7-8H2,1-2H3. The van der Waals surface area contributed by atoms with Crippen LogP contribution in [-0.4, -0.2) is 14.8 Å². The van der Waals surface area contributed by atoms with Crippen molar-refractivity contribution in [3.8, 4) is 11.4 Å². The molecule has 1 aromatic carbocycles. The van der Waals surface area contributed by atoms with Crippen molar-refractivity contribution >= 4 is 15.9 Å². The van der Waals surface area contributed by atoms with E-state index in [0.717, 1.165) is 6.07 Å². The molecule has 0 aliphatic heterocycles. The van der Waals surface area contributed by atoms with E-state index >= 15 is 0 Å². The lowest BCUT2D eigenvalue weighted by molar-refractivity contribution is -0.137. The molecule has 21 heavy (non-hydrogen) atoms. The summed E-state index contributed by atoms with van der Waals surface area (Å²) in [6.45, 7) is 4.56. The van der Waals surface area contributed by atoms with Crippen LogP contribution in [0.25, 0.3) is 11.4 Å². The van der Waals surface area contributed by atoms with Crippen LogP contribution in [0.4, 0.5) is 13.2 Å². The molecule has 0 unspecified atom stereocenters. The molecule has 0 saturated carbocycles. The molecule has 3 nitrogen and oxygen atoms in total. The predicted molar refractivity (Wildman–Crippen MR) is 77.9 cm³/mol. The SMILES string of the molecule is CC(C)Cn1c(CBr)nnc1-c1ccccc1C(F)(F)F. The number of hydrogen-bond donors (Lipinski definition) is 0. The third kappa shape index (κ3) is 3.45. The lowest BCUT2D eigenvalue weighted by Crippen LogP contribution is -2.12. The monoisotopic (exact) mass is 361 g/mol. The summed E-state index contributed by atoms with van der Waals surface area (Å²) in [6, 6.07) is 5.45. The molecular weight excluding hydrogens is 347 g/mol.